The number of amides is 4. The minimum atomic E-state index is -0.920. The highest BCUT2D eigenvalue weighted by molar-refractivity contribution is 5.91. The molecule has 6 rings (SSSR count). The van der Waals surface area contributed by atoms with Gasteiger partial charge in [-0.25, -0.2) is 9.59 Å². The van der Waals surface area contributed by atoms with Gasteiger partial charge < -0.3 is 35.8 Å². The molecule has 0 aromatic heterocycles. The van der Waals surface area contributed by atoms with Crippen LogP contribution in [0.1, 0.15) is 54.4 Å². The molecule has 4 aliphatic heterocycles. The van der Waals surface area contributed by atoms with Crippen molar-refractivity contribution in [1.29, 1.82) is 0 Å². The van der Waals surface area contributed by atoms with E-state index in [0.717, 1.165) is 85.5 Å². The summed E-state index contributed by atoms with van der Waals surface area (Å²) in [5.74, 6) is -0.128. The lowest BCUT2D eigenvalue weighted by Crippen LogP contribution is -2.52. The number of aryl methyl sites for hydroxylation is 2. The van der Waals surface area contributed by atoms with E-state index in [0.29, 0.717) is 58.0 Å². The molecule has 1 atom stereocenters. The van der Waals surface area contributed by atoms with Crippen molar-refractivity contribution >= 4 is 29.4 Å². The van der Waals surface area contributed by atoms with E-state index in [1.165, 1.54) is 0 Å². The second-order valence-corrected chi connectivity index (χ2v) is 13.7. The number of nitrogen functional groups attached to an aromatic ring is 1. The van der Waals surface area contributed by atoms with Gasteiger partial charge in [-0.1, -0.05) is 30.3 Å². The summed E-state index contributed by atoms with van der Waals surface area (Å²) in [7, 11) is 0. The molecule has 4 heterocycles. The smallest absolute Gasteiger partial charge is 0.410 e. The Morgan fingerprint density at radius 3 is 2.32 bits per heavy atom. The van der Waals surface area contributed by atoms with Crippen molar-refractivity contribution in [2.24, 2.45) is 0 Å². The van der Waals surface area contributed by atoms with Gasteiger partial charge in [0.2, 0.25) is 0 Å². The molecule has 11 nitrogen and oxygen atoms in total. The molecular formula is C36H51N7O4. The first-order valence-electron chi connectivity index (χ1n) is 17.5. The fraction of sp³-hybridized carbons (Fsp3) is 0.583. The third-order valence-electron chi connectivity index (χ3n) is 10.6. The van der Waals surface area contributed by atoms with Crippen LogP contribution < -0.4 is 16.4 Å². The van der Waals surface area contributed by atoms with E-state index in [1.54, 1.807) is 4.90 Å². The van der Waals surface area contributed by atoms with Crippen LogP contribution in [0, 0.1) is 13.8 Å². The largest absolute Gasteiger partial charge is 0.436 e. The minimum Gasteiger partial charge on any atom is -0.436 e. The number of nitrogens with one attached hydrogen (secondary N) is 2. The van der Waals surface area contributed by atoms with E-state index in [4.69, 9.17) is 10.5 Å². The molecule has 0 radical (unpaired) electrons. The molecule has 2 aromatic rings. The second-order valence-electron chi connectivity index (χ2n) is 13.7. The Balaban J connectivity index is 1.08. The van der Waals surface area contributed by atoms with E-state index in [9.17, 15) is 14.4 Å². The fourth-order valence-electron chi connectivity index (χ4n) is 7.76. The van der Waals surface area contributed by atoms with E-state index in [-0.39, 0.29) is 18.0 Å². The first-order valence-corrected chi connectivity index (χ1v) is 17.5. The first kappa shape index (κ1) is 33.1. The standard InChI is InChI=1S/C36H51N7O4/c1-25-22-27(23-26(2)33(25)37)24-32(34(44)41-16-9-29(10-17-41)40-15-5-13-38-14-21-40)47-36(46)42-18-11-30(12-19-42)43-20-8-28-6-3-4-7-31(28)39-35(43)45/h3-4,6-7,22-23,29-30,32,38H,5,8-21,24,37H2,1-2H3,(H,39,45)/t32-/m1/s1. The van der Waals surface area contributed by atoms with Crippen molar-refractivity contribution in [3.63, 3.8) is 0 Å². The van der Waals surface area contributed by atoms with Gasteiger partial charge in [0, 0.05) is 75.7 Å². The average Bonchev–Trinajstić information content (AvgIpc) is 3.46. The number of hydrogen-bond acceptors (Lipinski definition) is 7. The number of urea groups is 1. The third-order valence-corrected chi connectivity index (χ3v) is 10.6. The number of hydrogen-bond donors (Lipinski definition) is 3. The Kier molecular flexibility index (Phi) is 10.5. The number of piperidine rings is 2. The van der Waals surface area contributed by atoms with Crippen molar-refractivity contribution < 1.29 is 19.1 Å². The number of benzene rings is 2. The zero-order valence-corrected chi connectivity index (χ0v) is 28.0. The number of carbonyl (C=O) groups excluding carboxylic acids is 3. The second kappa shape index (κ2) is 14.9. The topological polar surface area (TPSA) is 123 Å². The molecule has 3 fully saturated rings. The number of likely N-dealkylation sites (tertiary alicyclic amines) is 2. The number of para-hydroxylation sites is 1. The lowest BCUT2D eigenvalue weighted by atomic mass is 9.98. The maximum atomic E-state index is 14.0. The highest BCUT2D eigenvalue weighted by Gasteiger charge is 2.36. The zero-order chi connectivity index (χ0) is 32.9. The van der Waals surface area contributed by atoms with Crippen LogP contribution in [0.15, 0.2) is 36.4 Å². The van der Waals surface area contributed by atoms with Crippen molar-refractivity contribution in [3.05, 3.63) is 58.7 Å². The summed E-state index contributed by atoms with van der Waals surface area (Å²) in [6.45, 7) is 11.0. The normalized spacial score (nSPS) is 21.0. The monoisotopic (exact) mass is 645 g/mol. The molecule has 11 heteroatoms. The SMILES string of the molecule is Cc1cc(C[C@@H](OC(=O)N2CCC(N3CCc4ccccc4NC3=O)CC2)C(=O)N2CCC(N3CCCNCC3)CC2)cc(C)c1N. The molecule has 0 saturated carbocycles. The lowest BCUT2D eigenvalue weighted by Gasteiger charge is -2.40. The van der Waals surface area contributed by atoms with Crippen molar-refractivity contribution in [3.8, 4) is 0 Å². The van der Waals surface area contributed by atoms with E-state index in [2.05, 4.69) is 21.6 Å². The molecule has 4 aliphatic rings. The molecule has 4 amide bonds. The molecular weight excluding hydrogens is 594 g/mol. The highest BCUT2D eigenvalue weighted by atomic mass is 16.6. The molecule has 0 spiro atoms. The van der Waals surface area contributed by atoms with Crippen LogP contribution in [0.2, 0.25) is 0 Å². The number of nitrogens with two attached hydrogens (primary N) is 1. The predicted molar refractivity (Wildman–Crippen MR) is 183 cm³/mol. The Bertz CT molecular complexity index is 1400. The van der Waals surface area contributed by atoms with Gasteiger partial charge in [0.1, 0.15) is 0 Å². The number of ether oxygens (including phenoxy) is 1. The van der Waals surface area contributed by atoms with Crippen molar-refractivity contribution in [1.82, 2.24) is 24.9 Å². The van der Waals surface area contributed by atoms with Crippen molar-refractivity contribution in [2.75, 3.05) is 70.0 Å². The third kappa shape index (κ3) is 7.84. The van der Waals surface area contributed by atoms with Crippen LogP contribution in [0.25, 0.3) is 0 Å². The summed E-state index contributed by atoms with van der Waals surface area (Å²) in [5.41, 5.74) is 11.8. The van der Waals surface area contributed by atoms with Crippen LogP contribution in [-0.2, 0) is 22.4 Å². The predicted octanol–water partition coefficient (Wildman–Crippen LogP) is 3.77. The lowest BCUT2D eigenvalue weighted by molar-refractivity contribution is -0.142. The summed E-state index contributed by atoms with van der Waals surface area (Å²) >= 11 is 0. The molecule has 47 heavy (non-hydrogen) atoms. The van der Waals surface area contributed by atoms with Gasteiger partial charge >= 0.3 is 12.1 Å². The van der Waals surface area contributed by atoms with Crippen LogP contribution >= 0.6 is 0 Å². The Hall–Kier alpha value is -3.83. The summed E-state index contributed by atoms with van der Waals surface area (Å²) in [6, 6.07) is 12.3. The minimum absolute atomic E-state index is 0.0350. The van der Waals surface area contributed by atoms with Gasteiger partial charge in [0.05, 0.1) is 0 Å². The van der Waals surface area contributed by atoms with E-state index in [1.807, 2.05) is 54.0 Å². The average molecular weight is 646 g/mol. The van der Waals surface area contributed by atoms with E-state index < -0.39 is 12.2 Å². The summed E-state index contributed by atoms with van der Waals surface area (Å²) in [4.78, 5) is 48.8. The number of nitrogens with zero attached hydrogens (tertiary/aromatic N) is 4. The molecule has 3 saturated heterocycles. The number of fused-ring (bicyclic) bond motifs is 1. The Labute approximate surface area is 278 Å². The van der Waals surface area contributed by atoms with Gasteiger partial charge in [0.15, 0.2) is 6.10 Å². The molecule has 4 N–H and O–H groups in total. The molecule has 254 valence electrons. The molecule has 2 aromatic carbocycles. The Morgan fingerprint density at radius 2 is 1.57 bits per heavy atom. The van der Waals surface area contributed by atoms with Crippen LogP contribution in [-0.4, -0.2) is 115 Å². The summed E-state index contributed by atoms with van der Waals surface area (Å²) in [6.07, 6.45) is 4.02. The van der Waals surface area contributed by atoms with Gasteiger partial charge in [-0.15, -0.1) is 0 Å². The number of carbonyl (C=O) groups is 3. The van der Waals surface area contributed by atoms with Gasteiger partial charge in [-0.3, -0.25) is 9.69 Å². The Morgan fingerprint density at radius 1 is 0.894 bits per heavy atom. The van der Waals surface area contributed by atoms with Crippen LogP contribution in [0.5, 0.6) is 0 Å². The van der Waals surface area contributed by atoms with Gasteiger partial charge in [-0.05, 0) is 93.8 Å². The van der Waals surface area contributed by atoms with Gasteiger partial charge in [0.25, 0.3) is 5.91 Å². The van der Waals surface area contributed by atoms with E-state index >= 15 is 0 Å². The maximum Gasteiger partial charge on any atom is 0.410 e. The number of rotatable bonds is 6. The zero-order valence-electron chi connectivity index (χ0n) is 28.0. The molecule has 0 unspecified atom stereocenters. The van der Waals surface area contributed by atoms with Crippen molar-refractivity contribution in [2.45, 2.75) is 77.0 Å². The quantitative estimate of drug-likeness (QED) is 0.409. The van der Waals surface area contributed by atoms with Crippen LogP contribution in [0.3, 0.4) is 0 Å². The molecule has 0 bridgehead atoms. The first-order chi connectivity index (χ1) is 22.8. The van der Waals surface area contributed by atoms with Crippen LogP contribution in [0.4, 0.5) is 21.0 Å². The highest BCUT2D eigenvalue weighted by Crippen LogP contribution is 2.26. The summed E-state index contributed by atoms with van der Waals surface area (Å²) < 4.78 is 6.10. The number of anilines is 2. The maximum absolute atomic E-state index is 14.0. The summed E-state index contributed by atoms with van der Waals surface area (Å²) in [5, 5.41) is 6.54. The fourth-order valence-corrected chi connectivity index (χ4v) is 7.76. The van der Waals surface area contributed by atoms with Gasteiger partial charge in [-0.2, -0.15) is 0 Å². The molecule has 0 aliphatic carbocycles.